The number of halogens is 5. The fourth-order valence-electron chi connectivity index (χ4n) is 2.53. The summed E-state index contributed by atoms with van der Waals surface area (Å²) in [6.07, 6.45) is -4.75. The van der Waals surface area contributed by atoms with Gasteiger partial charge in [-0.05, 0) is 30.3 Å². The lowest BCUT2D eigenvalue weighted by atomic mass is 10.2. The van der Waals surface area contributed by atoms with Crippen LogP contribution in [-0.4, -0.2) is 33.4 Å². The molecule has 0 spiro atoms. The largest absolute Gasteiger partial charge is 0.478 e. The molecule has 2 aromatic carbocycles. The van der Waals surface area contributed by atoms with Crippen molar-refractivity contribution in [2.24, 2.45) is 0 Å². The van der Waals surface area contributed by atoms with Crippen molar-refractivity contribution >= 4 is 45.1 Å². The van der Waals surface area contributed by atoms with Crippen LogP contribution >= 0.6 is 27.5 Å². The normalized spacial score (nSPS) is 11.3. The van der Waals surface area contributed by atoms with Crippen molar-refractivity contribution in [2.45, 2.75) is 6.18 Å². The third-order valence-corrected chi connectivity index (χ3v) is 4.70. The van der Waals surface area contributed by atoms with Gasteiger partial charge >= 0.3 is 12.1 Å². The number of carbonyl (C=O) groups excluding carboxylic acids is 1. The van der Waals surface area contributed by atoms with Crippen molar-refractivity contribution in [3.05, 3.63) is 69.3 Å². The van der Waals surface area contributed by atoms with E-state index < -0.39 is 30.4 Å². The molecule has 0 aliphatic heterocycles. The van der Waals surface area contributed by atoms with Gasteiger partial charge in [0.15, 0.2) is 12.3 Å². The first kappa shape index (κ1) is 22.6. The quantitative estimate of drug-likeness (QED) is 0.478. The van der Waals surface area contributed by atoms with Crippen LogP contribution in [0.5, 0.6) is 5.88 Å². The number of nitrogens with one attached hydrogen (secondary N) is 1. The summed E-state index contributed by atoms with van der Waals surface area (Å²) < 4.78 is 46.0. The van der Waals surface area contributed by atoms with Gasteiger partial charge in [-0.3, -0.25) is 4.79 Å². The van der Waals surface area contributed by atoms with Gasteiger partial charge in [0.05, 0.1) is 22.0 Å². The van der Waals surface area contributed by atoms with Crippen LogP contribution in [-0.2, 0) is 11.0 Å². The van der Waals surface area contributed by atoms with Crippen LogP contribution < -0.4 is 10.1 Å². The number of carboxylic acids is 1. The van der Waals surface area contributed by atoms with Crippen LogP contribution in [0.15, 0.2) is 53.0 Å². The number of aromatic nitrogens is 2. The highest BCUT2D eigenvalue weighted by molar-refractivity contribution is 9.10. The van der Waals surface area contributed by atoms with Crippen LogP contribution in [0.4, 0.5) is 18.9 Å². The number of aromatic carboxylic acids is 1. The summed E-state index contributed by atoms with van der Waals surface area (Å²) in [7, 11) is 0. The second-order valence-electron chi connectivity index (χ2n) is 6.06. The number of rotatable bonds is 6. The maximum Gasteiger partial charge on any atom is 0.435 e. The zero-order valence-corrected chi connectivity index (χ0v) is 17.6. The number of alkyl halides is 3. The summed E-state index contributed by atoms with van der Waals surface area (Å²) >= 11 is 9.18. The Morgan fingerprint density at radius 1 is 1.19 bits per heavy atom. The molecule has 0 saturated carbocycles. The van der Waals surface area contributed by atoms with E-state index in [1.807, 2.05) is 0 Å². The van der Waals surface area contributed by atoms with Crippen molar-refractivity contribution in [2.75, 3.05) is 11.9 Å². The molecule has 0 atom stereocenters. The molecule has 0 aliphatic carbocycles. The molecule has 162 valence electrons. The number of ether oxygens (including phenoxy) is 1. The van der Waals surface area contributed by atoms with E-state index in [1.165, 1.54) is 30.3 Å². The van der Waals surface area contributed by atoms with Gasteiger partial charge in [-0.2, -0.15) is 23.0 Å². The van der Waals surface area contributed by atoms with E-state index in [9.17, 15) is 27.9 Å². The molecule has 0 saturated heterocycles. The molecule has 0 unspecified atom stereocenters. The lowest BCUT2D eigenvalue weighted by Crippen LogP contribution is -2.22. The lowest BCUT2D eigenvalue weighted by Gasteiger charge is -2.12. The smallest absolute Gasteiger partial charge is 0.435 e. The molecule has 31 heavy (non-hydrogen) atoms. The minimum Gasteiger partial charge on any atom is -0.478 e. The van der Waals surface area contributed by atoms with Crippen LogP contribution in [0.25, 0.3) is 5.69 Å². The van der Waals surface area contributed by atoms with Crippen molar-refractivity contribution in [1.82, 2.24) is 9.78 Å². The summed E-state index contributed by atoms with van der Waals surface area (Å²) in [6, 6.07) is 10.8. The molecule has 2 N–H and O–H groups in total. The standard InChI is InChI=1S/C19H12BrClF3N3O4/c20-10-5-6-13(11(7-10)18(29)30)25-16(28)9-31-17-8-15(19(22,23)24)26-27(17)14-4-2-1-3-12(14)21/h1-8H,9H2,(H,25,28)(H,29,30). The third kappa shape index (κ3) is 5.36. The highest BCUT2D eigenvalue weighted by Gasteiger charge is 2.36. The number of hydrogen-bond donors (Lipinski definition) is 2. The summed E-state index contributed by atoms with van der Waals surface area (Å²) in [5.41, 5.74) is -1.29. The molecular weight excluding hydrogens is 507 g/mol. The molecule has 3 rings (SSSR count). The van der Waals surface area contributed by atoms with Gasteiger partial charge in [0.2, 0.25) is 5.88 Å². The van der Waals surface area contributed by atoms with Crippen molar-refractivity contribution < 1.29 is 32.6 Å². The molecule has 3 aromatic rings. The van der Waals surface area contributed by atoms with Crippen LogP contribution in [0.3, 0.4) is 0 Å². The molecule has 0 bridgehead atoms. The third-order valence-electron chi connectivity index (χ3n) is 3.89. The van der Waals surface area contributed by atoms with E-state index in [1.54, 1.807) is 12.1 Å². The van der Waals surface area contributed by atoms with Gasteiger partial charge in [-0.25, -0.2) is 4.79 Å². The predicted octanol–water partition coefficient (Wildman–Crippen LogP) is 5.02. The van der Waals surface area contributed by atoms with E-state index in [0.29, 0.717) is 10.5 Å². The molecule has 12 heteroatoms. The fourth-order valence-corrected chi connectivity index (χ4v) is 3.11. The molecule has 7 nitrogen and oxygen atoms in total. The number of benzene rings is 2. The minimum atomic E-state index is -4.75. The number of nitrogens with zero attached hydrogens (tertiary/aromatic N) is 2. The maximum atomic E-state index is 13.1. The van der Waals surface area contributed by atoms with Gasteiger partial charge in [0.1, 0.15) is 0 Å². The highest BCUT2D eigenvalue weighted by Crippen LogP contribution is 2.33. The predicted molar refractivity (Wildman–Crippen MR) is 109 cm³/mol. The van der Waals surface area contributed by atoms with Crippen molar-refractivity contribution in [1.29, 1.82) is 0 Å². The number of hydrogen-bond acceptors (Lipinski definition) is 4. The van der Waals surface area contributed by atoms with E-state index in [4.69, 9.17) is 16.3 Å². The topological polar surface area (TPSA) is 93.5 Å². The Morgan fingerprint density at radius 2 is 1.90 bits per heavy atom. The Labute approximate surface area is 186 Å². The molecule has 1 heterocycles. The Balaban J connectivity index is 1.83. The van der Waals surface area contributed by atoms with Gasteiger partial charge in [0.25, 0.3) is 5.91 Å². The Kier molecular flexibility index (Phi) is 6.56. The first-order chi connectivity index (χ1) is 14.6. The molecular formula is C19H12BrClF3N3O4. The molecule has 0 aliphatic rings. The first-order valence-electron chi connectivity index (χ1n) is 8.44. The van der Waals surface area contributed by atoms with E-state index >= 15 is 0 Å². The van der Waals surface area contributed by atoms with Crippen LogP contribution in [0.1, 0.15) is 16.1 Å². The van der Waals surface area contributed by atoms with Gasteiger partial charge in [0, 0.05) is 10.5 Å². The fraction of sp³-hybridized carbons (Fsp3) is 0.105. The highest BCUT2D eigenvalue weighted by atomic mass is 79.9. The van der Waals surface area contributed by atoms with Crippen LogP contribution in [0, 0.1) is 0 Å². The van der Waals surface area contributed by atoms with Crippen molar-refractivity contribution in [3.8, 4) is 11.6 Å². The SMILES string of the molecule is O=C(COc1cc(C(F)(F)F)nn1-c1ccccc1Cl)Nc1ccc(Br)cc1C(=O)O. The maximum absolute atomic E-state index is 13.1. The second-order valence-corrected chi connectivity index (χ2v) is 7.38. The summed E-state index contributed by atoms with van der Waals surface area (Å²) in [5.74, 6) is -2.43. The molecule has 0 fully saturated rings. The monoisotopic (exact) mass is 517 g/mol. The number of para-hydroxylation sites is 1. The Bertz CT molecular complexity index is 1150. The average Bonchev–Trinajstić information content (AvgIpc) is 3.12. The van der Waals surface area contributed by atoms with E-state index in [0.717, 1.165) is 4.68 Å². The van der Waals surface area contributed by atoms with Gasteiger partial charge in [-0.1, -0.05) is 39.7 Å². The Hall–Kier alpha value is -3.05. The first-order valence-corrected chi connectivity index (χ1v) is 9.61. The van der Waals surface area contributed by atoms with E-state index in [2.05, 4.69) is 26.3 Å². The Morgan fingerprint density at radius 3 is 2.55 bits per heavy atom. The zero-order chi connectivity index (χ0) is 22.8. The molecule has 1 aromatic heterocycles. The number of carboxylic acid groups (broad SMARTS) is 1. The lowest BCUT2D eigenvalue weighted by molar-refractivity contribution is -0.141. The number of anilines is 1. The van der Waals surface area contributed by atoms with Gasteiger partial charge in [-0.15, -0.1) is 0 Å². The number of amides is 1. The summed E-state index contributed by atoms with van der Waals surface area (Å²) in [4.78, 5) is 23.6. The molecule has 0 radical (unpaired) electrons. The summed E-state index contributed by atoms with van der Waals surface area (Å²) in [6.45, 7) is -0.706. The van der Waals surface area contributed by atoms with Crippen LogP contribution in [0.2, 0.25) is 5.02 Å². The second kappa shape index (κ2) is 8.98. The van der Waals surface area contributed by atoms with Gasteiger partial charge < -0.3 is 15.2 Å². The zero-order valence-electron chi connectivity index (χ0n) is 15.3. The average molecular weight is 519 g/mol. The minimum absolute atomic E-state index is 0.0001000. The van der Waals surface area contributed by atoms with E-state index in [-0.39, 0.29) is 27.8 Å². The molecule has 1 amide bonds. The van der Waals surface area contributed by atoms with Crippen molar-refractivity contribution in [3.63, 3.8) is 0 Å². The summed E-state index contributed by atoms with van der Waals surface area (Å²) in [5, 5.41) is 15.2. The number of carbonyl (C=O) groups is 2.